The van der Waals surface area contributed by atoms with Crippen LogP contribution in [0, 0.1) is 12.3 Å². The molecule has 256 valence electrons. The Hall–Kier alpha value is -4.22. The summed E-state index contributed by atoms with van der Waals surface area (Å²) in [7, 11) is 0. The van der Waals surface area contributed by atoms with Crippen molar-refractivity contribution in [2.45, 2.75) is 123 Å². The molecule has 1 saturated carbocycles. The van der Waals surface area contributed by atoms with Crippen LogP contribution in [0.3, 0.4) is 0 Å². The summed E-state index contributed by atoms with van der Waals surface area (Å²) in [6.45, 7) is 14.9. The molecule has 1 aromatic heterocycles. The van der Waals surface area contributed by atoms with Crippen molar-refractivity contribution in [1.82, 2.24) is 31.2 Å². The van der Waals surface area contributed by atoms with Gasteiger partial charge in [0.2, 0.25) is 23.5 Å². The van der Waals surface area contributed by atoms with Gasteiger partial charge in [-0.05, 0) is 75.5 Å². The first-order valence-electron chi connectivity index (χ1n) is 16.5. The maximum absolute atomic E-state index is 14.3. The highest BCUT2D eigenvalue weighted by molar-refractivity contribution is 6.38. The number of carbonyl (C=O) groups excluding carboxylic acids is 5. The van der Waals surface area contributed by atoms with Gasteiger partial charge < -0.3 is 30.9 Å². The van der Waals surface area contributed by atoms with Gasteiger partial charge in [0.15, 0.2) is 0 Å². The summed E-state index contributed by atoms with van der Waals surface area (Å²) in [5.74, 6) is -2.07. The first kappa shape index (κ1) is 35.6. The first-order valence-corrected chi connectivity index (χ1v) is 16.5. The smallest absolute Gasteiger partial charge is 0.315 e. The van der Waals surface area contributed by atoms with Crippen molar-refractivity contribution in [2.24, 2.45) is 5.41 Å². The Balaban J connectivity index is 1.63. The standard InChI is InChI=1S/C35H50N6O6/c1-9-11-25(27(42)30(44)37-21-14-15-21)38-29(43)26-18-22(47-31-24-13-10-12-20(2)23(24)16-17-36-31)19-41(26)32(45)28(34(3,4)5)39-33(46)40-35(6,7)8/h10,12-13,16-17,21-22,25-26,28H,9,11,14-15,18-19H2,1-8H3,(H,37,44)(H,38,43)(H2,39,40,46)/t22-,25+,26+,28-/m1/s1. The molecule has 1 aliphatic carbocycles. The van der Waals surface area contributed by atoms with Crippen LogP contribution in [0.2, 0.25) is 0 Å². The molecular formula is C35H50N6O6. The number of urea groups is 1. The number of aryl methyl sites for hydroxylation is 1. The monoisotopic (exact) mass is 650 g/mol. The molecule has 0 bridgehead atoms. The van der Waals surface area contributed by atoms with Crippen molar-refractivity contribution in [3.63, 3.8) is 0 Å². The van der Waals surface area contributed by atoms with E-state index in [0.717, 1.165) is 29.2 Å². The Morgan fingerprint density at radius 2 is 1.70 bits per heavy atom. The average molecular weight is 651 g/mol. The number of hydrogen-bond acceptors (Lipinski definition) is 7. The van der Waals surface area contributed by atoms with Gasteiger partial charge in [-0.2, -0.15) is 0 Å². The van der Waals surface area contributed by atoms with E-state index < -0.39 is 64.7 Å². The molecule has 12 heteroatoms. The number of benzene rings is 1. The molecule has 4 N–H and O–H groups in total. The molecule has 2 aromatic rings. The summed E-state index contributed by atoms with van der Waals surface area (Å²) in [5.41, 5.74) is -0.205. The summed E-state index contributed by atoms with van der Waals surface area (Å²) < 4.78 is 6.39. The molecule has 0 radical (unpaired) electrons. The maximum Gasteiger partial charge on any atom is 0.315 e. The van der Waals surface area contributed by atoms with Crippen molar-refractivity contribution < 1.29 is 28.7 Å². The van der Waals surface area contributed by atoms with E-state index in [0.29, 0.717) is 12.3 Å². The van der Waals surface area contributed by atoms with Crippen LogP contribution >= 0.6 is 0 Å². The third-order valence-corrected chi connectivity index (χ3v) is 8.34. The second kappa shape index (κ2) is 14.3. The number of ketones is 1. The van der Waals surface area contributed by atoms with Crippen LogP contribution in [0.1, 0.15) is 86.1 Å². The van der Waals surface area contributed by atoms with E-state index in [4.69, 9.17) is 4.74 Å². The molecule has 0 spiro atoms. The molecule has 4 rings (SSSR count). The highest BCUT2D eigenvalue weighted by Crippen LogP contribution is 2.31. The van der Waals surface area contributed by atoms with Crippen molar-refractivity contribution in [2.75, 3.05) is 6.54 Å². The van der Waals surface area contributed by atoms with E-state index in [2.05, 4.69) is 26.3 Å². The largest absolute Gasteiger partial charge is 0.472 e. The Labute approximate surface area is 277 Å². The number of pyridine rings is 1. The molecule has 2 heterocycles. The summed E-state index contributed by atoms with van der Waals surface area (Å²) in [5, 5.41) is 12.9. The van der Waals surface area contributed by atoms with Gasteiger partial charge in [-0.25, -0.2) is 9.78 Å². The highest BCUT2D eigenvalue weighted by atomic mass is 16.5. The summed E-state index contributed by atoms with van der Waals surface area (Å²) >= 11 is 0. The molecule has 12 nitrogen and oxygen atoms in total. The molecule has 1 aromatic carbocycles. The van der Waals surface area contributed by atoms with E-state index in [1.54, 1.807) is 6.20 Å². The van der Waals surface area contributed by atoms with Crippen LogP contribution in [-0.4, -0.2) is 81.8 Å². The lowest BCUT2D eigenvalue weighted by molar-refractivity contribution is -0.144. The fraction of sp³-hybridized carbons (Fsp3) is 0.600. The van der Waals surface area contributed by atoms with Gasteiger partial charge in [-0.1, -0.05) is 46.2 Å². The van der Waals surface area contributed by atoms with Gasteiger partial charge in [0.1, 0.15) is 18.2 Å². The number of Topliss-reactive ketones (excluding diaryl/α,β-unsaturated/α-hetero) is 1. The fourth-order valence-electron chi connectivity index (χ4n) is 5.75. The van der Waals surface area contributed by atoms with Gasteiger partial charge in [0, 0.05) is 29.6 Å². The number of ether oxygens (including phenoxy) is 1. The zero-order valence-electron chi connectivity index (χ0n) is 28.9. The van der Waals surface area contributed by atoms with Crippen LogP contribution in [-0.2, 0) is 19.2 Å². The van der Waals surface area contributed by atoms with Crippen LogP contribution in [0.4, 0.5) is 4.79 Å². The van der Waals surface area contributed by atoms with E-state index in [9.17, 15) is 24.0 Å². The summed E-state index contributed by atoms with van der Waals surface area (Å²) in [6, 6.07) is 4.16. The van der Waals surface area contributed by atoms with Crippen molar-refractivity contribution in [1.29, 1.82) is 0 Å². The topological polar surface area (TPSA) is 159 Å². The average Bonchev–Trinajstić information content (AvgIpc) is 3.69. The number of likely N-dealkylation sites (tertiary alicyclic amines) is 1. The van der Waals surface area contributed by atoms with Crippen molar-refractivity contribution >= 4 is 40.3 Å². The van der Waals surface area contributed by atoms with Crippen LogP contribution in [0.15, 0.2) is 30.5 Å². The number of aromatic nitrogens is 1. The van der Waals surface area contributed by atoms with Crippen LogP contribution < -0.4 is 26.0 Å². The Kier molecular flexibility index (Phi) is 10.8. The lowest BCUT2D eigenvalue weighted by Gasteiger charge is -2.36. The summed E-state index contributed by atoms with van der Waals surface area (Å²) in [6.07, 6.45) is 3.63. The molecule has 5 amide bonds. The third kappa shape index (κ3) is 9.20. The van der Waals surface area contributed by atoms with Gasteiger partial charge >= 0.3 is 6.03 Å². The third-order valence-electron chi connectivity index (χ3n) is 8.34. The molecular weight excluding hydrogens is 600 g/mol. The molecule has 2 aliphatic rings. The zero-order chi connectivity index (χ0) is 34.7. The maximum atomic E-state index is 14.3. The van der Waals surface area contributed by atoms with E-state index in [1.807, 2.05) is 79.7 Å². The molecule has 4 atom stereocenters. The first-order chi connectivity index (χ1) is 22.0. The molecule has 0 unspecified atom stereocenters. The lowest BCUT2D eigenvalue weighted by Crippen LogP contribution is -2.61. The molecule has 1 aliphatic heterocycles. The Morgan fingerprint density at radius 3 is 2.32 bits per heavy atom. The molecule has 1 saturated heterocycles. The number of nitrogens with zero attached hydrogens (tertiary/aromatic N) is 2. The predicted octanol–water partition coefficient (Wildman–Crippen LogP) is 3.54. The van der Waals surface area contributed by atoms with Crippen molar-refractivity contribution in [3.8, 4) is 5.88 Å². The minimum absolute atomic E-state index is 0.00550. The fourth-order valence-corrected chi connectivity index (χ4v) is 5.75. The van der Waals surface area contributed by atoms with Gasteiger partial charge in [-0.15, -0.1) is 0 Å². The number of carbonyl (C=O) groups is 5. The van der Waals surface area contributed by atoms with Gasteiger partial charge in [0.05, 0.1) is 12.6 Å². The number of rotatable bonds is 11. The lowest BCUT2D eigenvalue weighted by atomic mass is 9.85. The second-order valence-corrected chi connectivity index (χ2v) is 14.9. The minimum Gasteiger partial charge on any atom is -0.472 e. The molecule has 2 fully saturated rings. The summed E-state index contributed by atoms with van der Waals surface area (Å²) in [4.78, 5) is 72.9. The number of amides is 5. The number of fused-ring (bicyclic) bond motifs is 1. The van der Waals surface area contributed by atoms with Gasteiger partial charge in [-0.3, -0.25) is 19.2 Å². The Morgan fingerprint density at radius 1 is 1.00 bits per heavy atom. The minimum atomic E-state index is -1.04. The van der Waals surface area contributed by atoms with E-state index in [1.165, 1.54) is 4.90 Å². The van der Waals surface area contributed by atoms with Crippen molar-refractivity contribution in [3.05, 3.63) is 36.0 Å². The SMILES string of the molecule is CCC[C@H](NC(=O)[C@@H]1C[C@@H](Oc2nccc3c(C)cccc23)CN1C(=O)[C@@H](NC(=O)NC(C)(C)C)C(C)(C)C)C(=O)C(=O)NC1CC1. The number of hydrogen-bond donors (Lipinski definition) is 4. The quantitative estimate of drug-likeness (QED) is 0.271. The predicted molar refractivity (Wildman–Crippen MR) is 179 cm³/mol. The molecule has 47 heavy (non-hydrogen) atoms. The zero-order valence-corrected chi connectivity index (χ0v) is 28.9. The van der Waals surface area contributed by atoms with Crippen LogP contribution in [0.5, 0.6) is 5.88 Å². The number of nitrogens with one attached hydrogen (secondary N) is 4. The van der Waals surface area contributed by atoms with Gasteiger partial charge in [0.25, 0.3) is 5.91 Å². The normalized spacial score (nSPS) is 19.4. The Bertz CT molecular complexity index is 1510. The van der Waals surface area contributed by atoms with E-state index >= 15 is 0 Å². The second-order valence-electron chi connectivity index (χ2n) is 14.9. The van der Waals surface area contributed by atoms with Crippen LogP contribution in [0.25, 0.3) is 10.8 Å². The highest BCUT2D eigenvalue weighted by Gasteiger charge is 2.47. The van der Waals surface area contributed by atoms with E-state index in [-0.39, 0.29) is 25.4 Å².